The van der Waals surface area contributed by atoms with Gasteiger partial charge in [0.15, 0.2) is 0 Å². The van der Waals surface area contributed by atoms with Gasteiger partial charge in [0, 0.05) is 0 Å². The molecule has 2 aliphatic rings. The first-order chi connectivity index (χ1) is 12.9. The summed E-state index contributed by atoms with van der Waals surface area (Å²) in [5, 5.41) is 0. The molecule has 2 aromatic carbocycles. The molecule has 2 aromatic rings. The second-order valence-corrected chi connectivity index (χ2v) is 9.42. The molecule has 4 rings (SSSR count). The zero-order valence-corrected chi connectivity index (χ0v) is 22.3. The average molecular weight is 507 g/mol. The third-order valence-electron chi connectivity index (χ3n) is 5.59. The Balaban J connectivity index is 0.000000392. The fraction of sp³-hybridized carbons (Fsp3) is 0.385. The third-order valence-corrected chi connectivity index (χ3v) is 6.30. The van der Waals surface area contributed by atoms with E-state index in [1.165, 1.54) is 75.4 Å². The molecule has 0 nitrogen and oxygen atoms in total. The molecule has 0 amide bonds. The number of aryl methyl sites for hydroxylation is 2. The maximum absolute atomic E-state index is 3.36. The van der Waals surface area contributed by atoms with Crippen LogP contribution in [0.2, 0.25) is 0 Å². The van der Waals surface area contributed by atoms with Gasteiger partial charge in [0.2, 0.25) is 0 Å². The van der Waals surface area contributed by atoms with E-state index in [1.807, 2.05) is 6.07 Å². The Kier molecular flexibility index (Phi) is 14.1. The number of hydrogen-bond acceptors (Lipinski definition) is 0. The Hall–Kier alpha value is -0.617. The van der Waals surface area contributed by atoms with Gasteiger partial charge in [-0.15, -0.1) is 6.92 Å². The maximum Gasteiger partial charge on any atom is -0.0512 e. The summed E-state index contributed by atoms with van der Waals surface area (Å²) in [4.78, 5) is 0. The summed E-state index contributed by atoms with van der Waals surface area (Å²) in [6.07, 6.45) is 8.80. The van der Waals surface area contributed by atoms with Gasteiger partial charge in [-0.1, -0.05) is 52.4 Å². The van der Waals surface area contributed by atoms with Crippen LogP contribution >= 0.6 is 0 Å². The fourth-order valence-electron chi connectivity index (χ4n) is 3.46. The quantitative estimate of drug-likeness (QED) is 0.502. The van der Waals surface area contributed by atoms with E-state index < -0.39 is 0 Å². The summed E-state index contributed by atoms with van der Waals surface area (Å²) in [6.45, 7) is 10.8. The van der Waals surface area contributed by atoms with Crippen LogP contribution in [0.4, 0.5) is 0 Å². The number of allylic oxidation sites excluding steroid dienone is 4. The van der Waals surface area contributed by atoms with Crippen molar-refractivity contribution in [2.24, 2.45) is 5.92 Å². The van der Waals surface area contributed by atoms with Crippen molar-refractivity contribution in [2.45, 2.75) is 60.3 Å². The van der Waals surface area contributed by atoms with Crippen LogP contribution in [0.25, 0.3) is 0 Å². The van der Waals surface area contributed by atoms with Crippen molar-refractivity contribution in [3.05, 3.63) is 88.0 Å². The molecule has 0 aliphatic heterocycles. The van der Waals surface area contributed by atoms with E-state index in [2.05, 4.69) is 83.2 Å². The van der Waals surface area contributed by atoms with E-state index in [0.717, 1.165) is 0 Å². The predicted octanol–water partition coefficient (Wildman–Crippen LogP) is 0.788. The topological polar surface area (TPSA) is 0 Å². The Bertz CT molecular complexity index is 792. The van der Waals surface area contributed by atoms with Gasteiger partial charge in [0.25, 0.3) is 0 Å². The Morgan fingerprint density at radius 1 is 1.00 bits per heavy atom. The van der Waals surface area contributed by atoms with Gasteiger partial charge in [0.1, 0.15) is 0 Å². The van der Waals surface area contributed by atoms with Crippen molar-refractivity contribution in [3.8, 4) is 0 Å². The van der Waals surface area contributed by atoms with Crippen LogP contribution in [0, 0.1) is 12.0 Å². The molecule has 0 fully saturated rings. The molecule has 0 N–H and O–H groups in total. The molecule has 0 heterocycles. The summed E-state index contributed by atoms with van der Waals surface area (Å²) in [5.41, 5.74) is 8.81. The molecule has 0 radical (unpaired) electrons. The molecule has 0 saturated carbocycles. The van der Waals surface area contributed by atoms with Crippen LogP contribution < -0.4 is 24.8 Å². The number of benzene rings is 1. The number of halogens is 2. The average Bonchev–Trinajstić information content (AvgIpc) is 3.24. The molecule has 156 valence electrons. The molecule has 29 heavy (non-hydrogen) atoms. The normalized spacial score (nSPS) is 16.7. The van der Waals surface area contributed by atoms with Crippen LogP contribution in [0.1, 0.15) is 64.2 Å². The van der Waals surface area contributed by atoms with Crippen molar-refractivity contribution in [1.29, 1.82) is 0 Å². The maximum atomic E-state index is 3.36. The van der Waals surface area contributed by atoms with Gasteiger partial charge < -0.3 is 24.8 Å². The minimum absolute atomic E-state index is 0. The summed E-state index contributed by atoms with van der Waals surface area (Å²) in [5.74, 6) is 0.560. The molecule has 3 heteroatoms. The Labute approximate surface area is 205 Å². The van der Waals surface area contributed by atoms with Crippen LogP contribution in [0.15, 0.2) is 65.3 Å². The first-order valence-electron chi connectivity index (χ1n) is 10.0. The van der Waals surface area contributed by atoms with Crippen molar-refractivity contribution in [3.63, 3.8) is 0 Å². The van der Waals surface area contributed by atoms with Crippen LogP contribution in [0.3, 0.4) is 0 Å². The van der Waals surface area contributed by atoms with Crippen molar-refractivity contribution >= 4 is 3.21 Å². The predicted molar refractivity (Wildman–Crippen MR) is 115 cm³/mol. The van der Waals surface area contributed by atoms with Crippen molar-refractivity contribution in [2.75, 3.05) is 0 Å². The van der Waals surface area contributed by atoms with Crippen LogP contribution in [-0.4, -0.2) is 3.21 Å². The first kappa shape index (κ1) is 28.4. The van der Waals surface area contributed by atoms with Crippen molar-refractivity contribution < 1.29 is 49.0 Å². The van der Waals surface area contributed by atoms with Crippen LogP contribution in [-0.2, 0) is 37.1 Å². The zero-order valence-electron chi connectivity index (χ0n) is 18.3. The van der Waals surface area contributed by atoms with E-state index >= 15 is 0 Å². The molecule has 0 bridgehead atoms. The monoisotopic (exact) mass is 504 g/mol. The fourth-order valence-corrected chi connectivity index (χ4v) is 3.87. The van der Waals surface area contributed by atoms with E-state index in [1.54, 1.807) is 11.1 Å². The van der Waals surface area contributed by atoms with E-state index in [0.29, 0.717) is 5.92 Å². The van der Waals surface area contributed by atoms with Gasteiger partial charge in [-0.3, -0.25) is 6.08 Å². The van der Waals surface area contributed by atoms with Crippen molar-refractivity contribution in [1.82, 2.24) is 0 Å². The molecule has 1 unspecified atom stereocenters. The van der Waals surface area contributed by atoms with E-state index in [4.69, 9.17) is 0 Å². The molecular formula is C26H32Cl2Zr-2. The molecule has 0 aromatic heterocycles. The number of rotatable bonds is 1. The van der Waals surface area contributed by atoms with Gasteiger partial charge >= 0.3 is 70.3 Å². The largest absolute Gasteiger partial charge is 1.00 e. The smallest absolute Gasteiger partial charge is 0.0512 e. The summed E-state index contributed by atoms with van der Waals surface area (Å²) in [7, 11) is 0. The first-order valence-corrected chi connectivity index (χ1v) is 11.2. The Morgan fingerprint density at radius 2 is 1.62 bits per heavy atom. The second-order valence-electron chi connectivity index (χ2n) is 7.57. The molecule has 1 atom stereocenters. The zero-order chi connectivity index (χ0) is 19.8. The summed E-state index contributed by atoms with van der Waals surface area (Å²) < 4.78 is 1.46. The van der Waals surface area contributed by atoms with Gasteiger partial charge in [-0.05, 0) is 0 Å². The minimum atomic E-state index is 0. The SMILES string of the molecule is CC1=[C-]C(C)C(C)=C1C.C[C](=[Zr+2])c1ccccc1.[Cl-].[Cl-].c1cc2c([cH-]1)CCCC2. The minimum Gasteiger partial charge on any atom is -1.00 e. The Morgan fingerprint density at radius 3 is 2.03 bits per heavy atom. The molecule has 2 aliphatic carbocycles. The standard InChI is InChI=1S/C9H11.C9H13.C8H8.2ClH.Zr/c1-2-5-9-7-3-6-8(9)4-1;1-6-5-7(2)9(4)8(6)3;1-2-8-6-4-3-5-7-8;;;/h3,6-7H,1-2,4-5H2;6H,1-4H3;3-7H,1H3;2*1H;/q2*-1;;;;+2/p-2. The van der Waals surface area contributed by atoms with E-state index in [-0.39, 0.29) is 24.8 Å². The van der Waals surface area contributed by atoms with Gasteiger partial charge in [-0.25, -0.2) is 11.6 Å². The summed E-state index contributed by atoms with van der Waals surface area (Å²) >= 11 is 1.51. The van der Waals surface area contributed by atoms with Gasteiger partial charge in [-0.2, -0.15) is 34.4 Å². The van der Waals surface area contributed by atoms with Gasteiger partial charge in [0.05, 0.1) is 0 Å². The third kappa shape index (κ3) is 8.96. The van der Waals surface area contributed by atoms with Crippen LogP contribution in [0.5, 0.6) is 0 Å². The second kappa shape index (κ2) is 14.4. The summed E-state index contributed by atoms with van der Waals surface area (Å²) in [6, 6.07) is 17.2. The number of hydrogen-bond donors (Lipinski definition) is 0. The molecule has 0 saturated heterocycles. The molecule has 0 spiro atoms. The molecular weight excluding hydrogens is 474 g/mol. The number of fused-ring (bicyclic) bond motifs is 1. The van der Waals surface area contributed by atoms with E-state index in [9.17, 15) is 0 Å².